The van der Waals surface area contributed by atoms with E-state index in [0.29, 0.717) is 33.0 Å². The summed E-state index contributed by atoms with van der Waals surface area (Å²) in [4.78, 5) is 0. The molecule has 5 atom stereocenters. The van der Waals surface area contributed by atoms with Gasteiger partial charge in [0.25, 0.3) is 0 Å². The van der Waals surface area contributed by atoms with Gasteiger partial charge < -0.3 is 18.9 Å². The molecule has 0 N–H and O–H groups in total. The van der Waals surface area contributed by atoms with Gasteiger partial charge in [0.1, 0.15) is 6.10 Å². The summed E-state index contributed by atoms with van der Waals surface area (Å²) in [6.07, 6.45) is 6.92. The fourth-order valence-corrected chi connectivity index (χ4v) is 4.22. The van der Waals surface area contributed by atoms with Crippen molar-refractivity contribution in [2.45, 2.75) is 103 Å². The van der Waals surface area contributed by atoms with Gasteiger partial charge >= 0.3 is 13.9 Å². The summed E-state index contributed by atoms with van der Waals surface area (Å²) in [7, 11) is -2.00. The first-order chi connectivity index (χ1) is 13.7. The Labute approximate surface area is 172 Å². The van der Waals surface area contributed by atoms with E-state index in [0.717, 1.165) is 51.4 Å². The molecule has 1 rings (SSSR count). The summed E-state index contributed by atoms with van der Waals surface area (Å²) < 4.78 is 42.7. The maximum absolute atomic E-state index is 12.8. The van der Waals surface area contributed by atoms with Crippen molar-refractivity contribution in [2.75, 3.05) is 33.0 Å². The minimum atomic E-state index is -2.00. The van der Waals surface area contributed by atoms with Crippen molar-refractivity contribution >= 4 is 8.03 Å². The molecule has 2 unspecified atom stereocenters. The molecule has 1 aliphatic rings. The number of hydrogen-bond acceptors (Lipinski definition) is 6. The van der Waals surface area contributed by atoms with Gasteiger partial charge in [-0.25, -0.2) is 0 Å². The lowest BCUT2D eigenvalue weighted by molar-refractivity contribution is -0.173. The topological polar surface area (TPSA) is 63.2 Å². The second-order valence-electron chi connectivity index (χ2n) is 7.35. The normalized spacial score (nSPS) is 26.6. The third-order valence-corrected chi connectivity index (χ3v) is 6.08. The Morgan fingerprint density at radius 2 is 1.21 bits per heavy atom. The van der Waals surface area contributed by atoms with Crippen LogP contribution in [0.5, 0.6) is 0 Å². The van der Waals surface area contributed by atoms with Gasteiger partial charge in [-0.15, -0.1) is 4.52 Å². The summed E-state index contributed by atoms with van der Waals surface area (Å²) in [5.74, 6) is -0.586. The van der Waals surface area contributed by atoms with Gasteiger partial charge in [-0.1, -0.05) is 53.4 Å². The second-order valence-corrected chi connectivity index (χ2v) is 8.64. The molecule has 0 radical (unpaired) electrons. The molecule has 0 amide bonds. The lowest BCUT2D eigenvalue weighted by Crippen LogP contribution is -2.53. The summed E-state index contributed by atoms with van der Waals surface area (Å²) in [5, 5.41) is 0. The molecule has 7 heteroatoms. The van der Waals surface area contributed by atoms with E-state index in [1.807, 2.05) is 0 Å². The molecule has 0 saturated carbocycles. The van der Waals surface area contributed by atoms with Crippen molar-refractivity contribution in [3.63, 3.8) is 0 Å². The van der Waals surface area contributed by atoms with Crippen molar-refractivity contribution < 1.29 is 28.0 Å². The van der Waals surface area contributed by atoms with Crippen LogP contribution in [0.1, 0.15) is 79.1 Å². The predicted molar refractivity (Wildman–Crippen MR) is 112 cm³/mol. The first-order valence-electron chi connectivity index (χ1n) is 11.2. The van der Waals surface area contributed by atoms with Gasteiger partial charge in [-0.2, -0.15) is 0 Å². The molecule has 0 aliphatic carbocycles. The van der Waals surface area contributed by atoms with Gasteiger partial charge in [-0.05, 0) is 30.2 Å². The van der Waals surface area contributed by atoms with E-state index in [-0.39, 0.29) is 6.10 Å². The van der Waals surface area contributed by atoms with Crippen LogP contribution in [0.3, 0.4) is 0 Å². The highest BCUT2D eigenvalue weighted by Gasteiger charge is 2.56. The van der Waals surface area contributed by atoms with E-state index >= 15 is 0 Å². The molecule has 1 fully saturated rings. The van der Waals surface area contributed by atoms with Gasteiger partial charge in [0.15, 0.2) is 12.2 Å². The fourth-order valence-electron chi connectivity index (χ4n) is 2.93. The lowest BCUT2D eigenvalue weighted by Gasteiger charge is -2.35. The number of ether oxygens (including phenoxy) is 4. The van der Waals surface area contributed by atoms with Gasteiger partial charge in [0.05, 0.1) is 13.2 Å². The Hall–Kier alpha value is -0.100. The summed E-state index contributed by atoms with van der Waals surface area (Å²) in [6.45, 7) is 11.3. The Kier molecular flexibility index (Phi) is 15.4. The Balaban J connectivity index is 2.86. The van der Waals surface area contributed by atoms with E-state index in [2.05, 4.69) is 27.7 Å². The molecule has 0 aromatic carbocycles. The van der Waals surface area contributed by atoms with Crippen LogP contribution in [-0.4, -0.2) is 57.2 Å². The van der Waals surface area contributed by atoms with Crippen LogP contribution in [0.15, 0.2) is 0 Å². The maximum Gasteiger partial charge on any atom is 0.543 e. The van der Waals surface area contributed by atoms with E-state index in [1.165, 1.54) is 0 Å². The third kappa shape index (κ3) is 9.60. The lowest BCUT2D eigenvalue weighted by atomic mass is 10.1. The molecule has 6 nitrogen and oxygen atoms in total. The maximum atomic E-state index is 12.8. The third-order valence-electron chi connectivity index (χ3n) is 4.75. The first-order valence-corrected chi connectivity index (χ1v) is 12.5. The van der Waals surface area contributed by atoms with Crippen molar-refractivity contribution in [1.29, 1.82) is 0 Å². The van der Waals surface area contributed by atoms with Crippen LogP contribution in [0.4, 0.5) is 0 Å². The van der Waals surface area contributed by atoms with Crippen LogP contribution in [0.2, 0.25) is 0 Å². The van der Waals surface area contributed by atoms with Gasteiger partial charge in [-0.3, -0.25) is 0 Å². The standard InChI is InChI=1S/C21H42O6P/c1-5-9-13-23-17-18-19(24-14-10-6-2)20(25-15-11-7-3)21(28(22)27-18)26-16-12-8-4/h18-21H,5-17H2,1-4H3/q+1/t18-,19-,20+,21?/m1/s1. The number of rotatable bonds is 17. The molecular formula is C21H42O6P+. The van der Waals surface area contributed by atoms with Crippen LogP contribution in [0.25, 0.3) is 0 Å². The van der Waals surface area contributed by atoms with Gasteiger partial charge in [0.2, 0.25) is 0 Å². The SMILES string of the molecule is CCCCOC[C@H]1O[P+](=O)C(OCCCC)[C@@H](OCCCC)[C@@H]1OCCCC. The minimum absolute atomic E-state index is 0.329. The average Bonchev–Trinajstić information content (AvgIpc) is 2.69. The quantitative estimate of drug-likeness (QED) is 0.230. The van der Waals surface area contributed by atoms with Crippen molar-refractivity contribution in [3.8, 4) is 0 Å². The fraction of sp³-hybridized carbons (Fsp3) is 1.00. The molecule has 0 bridgehead atoms. The average molecular weight is 422 g/mol. The zero-order valence-electron chi connectivity index (χ0n) is 18.4. The van der Waals surface area contributed by atoms with E-state index in [1.54, 1.807) is 0 Å². The van der Waals surface area contributed by atoms with Crippen LogP contribution < -0.4 is 0 Å². The summed E-state index contributed by atoms with van der Waals surface area (Å²) in [6, 6.07) is 0. The molecule has 0 aromatic heterocycles. The highest BCUT2D eigenvalue weighted by atomic mass is 31.1. The zero-order chi connectivity index (χ0) is 20.6. The van der Waals surface area contributed by atoms with Crippen LogP contribution in [-0.2, 0) is 28.0 Å². The predicted octanol–water partition coefficient (Wildman–Crippen LogP) is 5.46. The van der Waals surface area contributed by atoms with Crippen molar-refractivity contribution in [3.05, 3.63) is 0 Å². The monoisotopic (exact) mass is 421 g/mol. The first kappa shape index (κ1) is 25.9. The Morgan fingerprint density at radius 1 is 0.714 bits per heavy atom. The highest BCUT2D eigenvalue weighted by Crippen LogP contribution is 2.43. The zero-order valence-corrected chi connectivity index (χ0v) is 19.3. The van der Waals surface area contributed by atoms with E-state index < -0.39 is 26.1 Å². The molecule has 166 valence electrons. The number of unbranched alkanes of at least 4 members (excludes halogenated alkanes) is 4. The minimum Gasteiger partial charge on any atom is -0.378 e. The largest absolute Gasteiger partial charge is 0.543 e. The van der Waals surface area contributed by atoms with E-state index in [9.17, 15) is 4.57 Å². The molecular weight excluding hydrogens is 379 g/mol. The van der Waals surface area contributed by atoms with Crippen LogP contribution in [0, 0.1) is 0 Å². The van der Waals surface area contributed by atoms with Crippen LogP contribution >= 0.6 is 8.03 Å². The molecule has 1 heterocycles. The van der Waals surface area contributed by atoms with Crippen molar-refractivity contribution in [2.24, 2.45) is 0 Å². The molecule has 28 heavy (non-hydrogen) atoms. The molecule has 1 aliphatic heterocycles. The van der Waals surface area contributed by atoms with Gasteiger partial charge in [0, 0.05) is 19.8 Å². The van der Waals surface area contributed by atoms with E-state index in [4.69, 9.17) is 23.5 Å². The Bertz CT molecular complexity index is 395. The Morgan fingerprint density at radius 3 is 1.79 bits per heavy atom. The molecule has 0 spiro atoms. The highest BCUT2D eigenvalue weighted by molar-refractivity contribution is 7.40. The molecule has 1 saturated heterocycles. The summed E-state index contributed by atoms with van der Waals surface area (Å²) in [5.41, 5.74) is 0. The second kappa shape index (κ2) is 16.7. The summed E-state index contributed by atoms with van der Waals surface area (Å²) >= 11 is 0. The smallest absolute Gasteiger partial charge is 0.378 e. The van der Waals surface area contributed by atoms with Crippen molar-refractivity contribution in [1.82, 2.24) is 0 Å². The molecule has 0 aromatic rings. The number of hydrogen-bond donors (Lipinski definition) is 0.